The highest BCUT2D eigenvalue weighted by molar-refractivity contribution is 6.33. The lowest BCUT2D eigenvalue weighted by Gasteiger charge is -2.17. The molecule has 134 valence electrons. The predicted molar refractivity (Wildman–Crippen MR) is 98.9 cm³/mol. The van der Waals surface area contributed by atoms with Crippen LogP contribution in [0.15, 0.2) is 35.4 Å². The number of cyclic esters (lactones) is 1. The maximum absolute atomic E-state index is 12.6. The number of hydrogen-bond donors (Lipinski definition) is 2. The molecule has 1 aliphatic rings. The van der Waals surface area contributed by atoms with Crippen molar-refractivity contribution in [3.05, 3.63) is 46.5 Å². The Bertz CT molecular complexity index is 737. The summed E-state index contributed by atoms with van der Waals surface area (Å²) in [4.78, 5) is 16.8. The molecule has 1 aliphatic heterocycles. The lowest BCUT2D eigenvalue weighted by Crippen LogP contribution is -2.17. The number of aromatic hydroxyl groups is 2. The number of halogens is 1. The van der Waals surface area contributed by atoms with Gasteiger partial charge in [-0.1, -0.05) is 29.8 Å². The van der Waals surface area contributed by atoms with Gasteiger partial charge in [0.25, 0.3) is 0 Å². The molecule has 1 heterocycles. The van der Waals surface area contributed by atoms with Crippen molar-refractivity contribution in [3.63, 3.8) is 0 Å². The van der Waals surface area contributed by atoms with Gasteiger partial charge >= 0.3 is 5.97 Å². The minimum absolute atomic E-state index is 0.0129. The minimum Gasteiger partial charge on any atom is -0.507 e. The van der Waals surface area contributed by atoms with E-state index in [2.05, 4.69) is 4.99 Å². The Morgan fingerprint density at radius 1 is 1.20 bits per heavy atom. The maximum Gasteiger partial charge on any atom is 0.342 e. The van der Waals surface area contributed by atoms with Gasteiger partial charge in [-0.05, 0) is 31.4 Å². The molecule has 25 heavy (non-hydrogen) atoms. The summed E-state index contributed by atoms with van der Waals surface area (Å²) < 4.78 is 5.42. The van der Waals surface area contributed by atoms with Gasteiger partial charge in [0.05, 0.1) is 5.02 Å². The van der Waals surface area contributed by atoms with Crippen LogP contribution in [-0.2, 0) is 11.2 Å². The van der Waals surface area contributed by atoms with Crippen LogP contribution in [-0.4, -0.2) is 35.0 Å². The zero-order valence-corrected chi connectivity index (χ0v) is 15.1. The summed E-state index contributed by atoms with van der Waals surface area (Å²) in [5.74, 6) is -1.33. The molecule has 0 aromatic heterocycles. The van der Waals surface area contributed by atoms with Crippen LogP contribution in [0.5, 0.6) is 11.5 Å². The molecule has 0 unspecified atom stereocenters. The van der Waals surface area contributed by atoms with E-state index >= 15 is 0 Å². The van der Waals surface area contributed by atoms with E-state index in [0.717, 1.165) is 18.9 Å². The van der Waals surface area contributed by atoms with Gasteiger partial charge in [0.1, 0.15) is 23.2 Å². The summed E-state index contributed by atoms with van der Waals surface area (Å²) >= 11 is 6.20. The van der Waals surface area contributed by atoms with Crippen LogP contribution in [0.4, 0.5) is 0 Å². The van der Waals surface area contributed by atoms with E-state index in [1.807, 2.05) is 24.3 Å². The third-order valence-corrected chi connectivity index (χ3v) is 4.35. The van der Waals surface area contributed by atoms with Gasteiger partial charge < -0.3 is 14.9 Å². The third kappa shape index (κ3) is 4.86. The number of hydrogen-bond acceptors (Lipinski definition) is 5. The first-order chi connectivity index (χ1) is 11.9. The molecule has 2 rings (SSSR count). The number of ether oxygens (including phenoxy) is 1. The van der Waals surface area contributed by atoms with Crippen molar-refractivity contribution in [1.82, 2.24) is 0 Å². The second-order valence-corrected chi connectivity index (χ2v) is 6.25. The first-order valence-corrected chi connectivity index (χ1v) is 8.53. The topological polar surface area (TPSA) is 79.1 Å². The largest absolute Gasteiger partial charge is 0.507 e. The molecule has 0 bridgehead atoms. The van der Waals surface area contributed by atoms with Crippen LogP contribution in [0.2, 0.25) is 5.02 Å². The Kier molecular flexibility index (Phi) is 6.65. The van der Waals surface area contributed by atoms with Crippen molar-refractivity contribution >= 4 is 23.3 Å². The highest BCUT2D eigenvalue weighted by Gasteiger charge is 2.25. The van der Waals surface area contributed by atoms with E-state index in [9.17, 15) is 15.0 Å². The van der Waals surface area contributed by atoms with Gasteiger partial charge in [-0.25, -0.2) is 4.79 Å². The summed E-state index contributed by atoms with van der Waals surface area (Å²) in [6.07, 6.45) is 10.0. The number of nitrogens with zero attached hydrogens (tertiary/aromatic N) is 1. The monoisotopic (exact) mass is 363 g/mol. The van der Waals surface area contributed by atoms with E-state index in [1.54, 1.807) is 14.0 Å². The normalized spacial score (nSPS) is 23.4. The number of allylic oxidation sites excluding steroid dienone is 3. The van der Waals surface area contributed by atoms with E-state index in [0.29, 0.717) is 17.7 Å². The lowest BCUT2D eigenvalue weighted by atomic mass is 9.99. The number of phenolic OH excluding ortho intramolecular Hbond substituents is 2. The minimum atomic E-state index is -0.674. The third-order valence-electron chi connectivity index (χ3n) is 3.92. The van der Waals surface area contributed by atoms with E-state index in [-0.39, 0.29) is 34.6 Å². The molecular formula is C19H22ClNO4. The first kappa shape index (κ1) is 19.1. The Hall–Kier alpha value is -2.27. The summed E-state index contributed by atoms with van der Waals surface area (Å²) in [6.45, 7) is 1.78. The molecule has 2 N–H and O–H groups in total. The average molecular weight is 364 g/mol. The number of carbonyl (C=O) groups excluding carboxylic acids is 1. The van der Waals surface area contributed by atoms with Crippen LogP contribution < -0.4 is 0 Å². The summed E-state index contributed by atoms with van der Waals surface area (Å²) in [6, 6.07) is 1.05. The molecule has 0 radical (unpaired) electrons. The molecule has 5 nitrogen and oxygen atoms in total. The Morgan fingerprint density at radius 3 is 2.64 bits per heavy atom. The van der Waals surface area contributed by atoms with Gasteiger partial charge in [-0.3, -0.25) is 4.99 Å². The molecule has 1 aromatic carbocycles. The molecule has 0 amide bonds. The van der Waals surface area contributed by atoms with Crippen LogP contribution >= 0.6 is 11.6 Å². The fourth-order valence-electron chi connectivity index (χ4n) is 2.58. The first-order valence-electron chi connectivity index (χ1n) is 8.15. The van der Waals surface area contributed by atoms with Crippen molar-refractivity contribution in [3.8, 4) is 11.5 Å². The van der Waals surface area contributed by atoms with Crippen molar-refractivity contribution in [2.24, 2.45) is 4.99 Å². The van der Waals surface area contributed by atoms with Gasteiger partial charge in [0.2, 0.25) is 0 Å². The van der Waals surface area contributed by atoms with Crippen LogP contribution in [0.3, 0.4) is 0 Å². The van der Waals surface area contributed by atoms with Crippen molar-refractivity contribution in [2.45, 2.75) is 38.7 Å². The van der Waals surface area contributed by atoms with E-state index in [1.165, 1.54) is 0 Å². The number of phenols is 2. The molecule has 0 saturated carbocycles. The van der Waals surface area contributed by atoms with Crippen molar-refractivity contribution in [2.75, 3.05) is 7.05 Å². The van der Waals surface area contributed by atoms with Crippen LogP contribution in [0, 0.1) is 0 Å². The Labute approximate surface area is 152 Å². The molecule has 1 atom stereocenters. The van der Waals surface area contributed by atoms with Crippen molar-refractivity contribution < 1.29 is 19.7 Å². The number of esters is 1. The molecule has 6 heteroatoms. The second kappa shape index (κ2) is 8.72. The van der Waals surface area contributed by atoms with Gasteiger partial charge in [-0.15, -0.1) is 0 Å². The molecule has 0 saturated heterocycles. The fourth-order valence-corrected chi connectivity index (χ4v) is 2.79. The van der Waals surface area contributed by atoms with Gasteiger partial charge in [0, 0.05) is 31.7 Å². The van der Waals surface area contributed by atoms with E-state index < -0.39 is 5.97 Å². The predicted octanol–water partition coefficient (Wildman–Crippen LogP) is 4.21. The summed E-state index contributed by atoms with van der Waals surface area (Å²) in [7, 11) is 1.64. The molecule has 0 fully saturated rings. The Balaban J connectivity index is 2.54. The number of fused-ring (bicyclic) bond motifs is 1. The highest BCUT2D eigenvalue weighted by atomic mass is 35.5. The quantitative estimate of drug-likeness (QED) is 0.534. The number of carbonyl (C=O) groups is 1. The molecular weight excluding hydrogens is 342 g/mol. The SMILES string of the molecule is C/N=C1/C=C/CC/C=C/C[C@@H](C)OC(=O)c2c(O)cc(O)c(Cl)c2C1. The number of rotatable bonds is 0. The summed E-state index contributed by atoms with van der Waals surface area (Å²) in [5, 5.41) is 20.1. The van der Waals surface area contributed by atoms with Crippen molar-refractivity contribution in [1.29, 1.82) is 0 Å². The van der Waals surface area contributed by atoms with Crippen LogP contribution in [0.25, 0.3) is 0 Å². The molecule has 0 spiro atoms. The molecule has 0 aliphatic carbocycles. The standard InChI is InChI=1S/C19H22ClNO4/c1-12-8-6-4-3-5-7-9-13(21-2)10-14-17(19(24)25-12)15(22)11-16(23)18(14)20/h4,6-7,9,11-12,22-23H,3,5,8,10H2,1-2H3/b6-4+,9-7+,21-13-/t12-/m1/s1. The lowest BCUT2D eigenvalue weighted by molar-refractivity contribution is 0.0343. The Morgan fingerprint density at radius 2 is 1.92 bits per heavy atom. The summed E-state index contributed by atoms with van der Waals surface area (Å²) in [5.41, 5.74) is 0.939. The average Bonchev–Trinajstić information content (AvgIpc) is 2.56. The fraction of sp³-hybridized carbons (Fsp3) is 0.368. The smallest absolute Gasteiger partial charge is 0.342 e. The number of aliphatic imine (C=N–C) groups is 1. The maximum atomic E-state index is 12.6. The zero-order chi connectivity index (χ0) is 18.4. The molecule has 1 aromatic rings. The number of benzene rings is 1. The van der Waals surface area contributed by atoms with Gasteiger partial charge in [0.15, 0.2) is 0 Å². The zero-order valence-electron chi connectivity index (χ0n) is 14.3. The highest BCUT2D eigenvalue weighted by Crippen LogP contribution is 2.37. The second-order valence-electron chi connectivity index (χ2n) is 5.88. The van der Waals surface area contributed by atoms with Crippen LogP contribution in [0.1, 0.15) is 42.1 Å². The van der Waals surface area contributed by atoms with E-state index in [4.69, 9.17) is 16.3 Å². The van der Waals surface area contributed by atoms with Gasteiger partial charge in [-0.2, -0.15) is 0 Å².